The zero-order valence-electron chi connectivity index (χ0n) is 10.5. The van der Waals surface area contributed by atoms with E-state index in [1.54, 1.807) is 16.5 Å². The van der Waals surface area contributed by atoms with Crippen LogP contribution in [-0.2, 0) is 11.2 Å². The summed E-state index contributed by atoms with van der Waals surface area (Å²) in [5.41, 5.74) is 1.83. The van der Waals surface area contributed by atoms with Crippen molar-refractivity contribution in [1.29, 1.82) is 0 Å². The molecule has 19 heavy (non-hydrogen) atoms. The number of hydrogen-bond acceptors (Lipinski definition) is 3. The van der Waals surface area contributed by atoms with Crippen LogP contribution in [0, 0.1) is 0 Å². The quantitative estimate of drug-likeness (QED) is 0.802. The molecule has 0 saturated carbocycles. The molecule has 0 N–H and O–H groups in total. The lowest BCUT2D eigenvalue weighted by molar-refractivity contribution is -0.116. The monoisotopic (exact) mass is 276 g/mol. The lowest BCUT2D eigenvalue weighted by Crippen LogP contribution is -2.34. The molecule has 1 aliphatic heterocycles. The molecule has 0 fully saturated rings. The highest BCUT2D eigenvalue weighted by molar-refractivity contribution is 6.30. The van der Waals surface area contributed by atoms with Gasteiger partial charge in [-0.3, -0.25) is 9.69 Å². The molecule has 5 nitrogen and oxygen atoms in total. The van der Waals surface area contributed by atoms with Crippen LogP contribution in [0.5, 0.6) is 0 Å². The average Bonchev–Trinajstić information content (AvgIpc) is 2.82. The van der Waals surface area contributed by atoms with E-state index in [2.05, 4.69) is 10.3 Å². The Balaban J connectivity index is 2.08. The first kappa shape index (κ1) is 12.2. The summed E-state index contributed by atoms with van der Waals surface area (Å²) in [4.78, 5) is 13.3. The third kappa shape index (κ3) is 2.10. The second-order valence-electron chi connectivity index (χ2n) is 4.53. The van der Waals surface area contributed by atoms with E-state index in [1.807, 2.05) is 24.3 Å². The molecule has 1 aliphatic rings. The minimum Gasteiger partial charge on any atom is -0.294 e. The van der Waals surface area contributed by atoms with Gasteiger partial charge in [0.05, 0.1) is 11.4 Å². The highest BCUT2D eigenvalue weighted by Crippen LogP contribution is 2.27. The summed E-state index contributed by atoms with van der Waals surface area (Å²) in [6.45, 7) is 2.25. The van der Waals surface area contributed by atoms with E-state index >= 15 is 0 Å². The van der Waals surface area contributed by atoms with Crippen molar-refractivity contribution in [1.82, 2.24) is 15.0 Å². The molecule has 6 heteroatoms. The number of hydrogen-bond donors (Lipinski definition) is 0. The number of aromatic nitrogens is 3. The number of carbonyl (C=O) groups is 1. The summed E-state index contributed by atoms with van der Waals surface area (Å²) in [7, 11) is 0. The molecule has 1 aromatic heterocycles. The maximum atomic E-state index is 11.6. The van der Waals surface area contributed by atoms with Crippen LogP contribution in [0.15, 0.2) is 24.3 Å². The Morgan fingerprint density at radius 1 is 1.42 bits per heavy atom. The van der Waals surface area contributed by atoms with Crippen molar-refractivity contribution in [2.45, 2.75) is 19.8 Å². The first-order valence-corrected chi connectivity index (χ1v) is 6.53. The molecule has 1 aromatic carbocycles. The molecular weight excluding hydrogens is 264 g/mol. The number of halogens is 1. The van der Waals surface area contributed by atoms with Gasteiger partial charge >= 0.3 is 0 Å². The Morgan fingerprint density at radius 2 is 2.26 bits per heavy atom. The van der Waals surface area contributed by atoms with Gasteiger partial charge in [0, 0.05) is 18.5 Å². The zero-order chi connectivity index (χ0) is 13.4. The number of carbonyl (C=O) groups excluding carboxylic acids is 1. The number of benzene rings is 1. The summed E-state index contributed by atoms with van der Waals surface area (Å²) >= 11 is 6.00. The van der Waals surface area contributed by atoms with Crippen molar-refractivity contribution in [3.63, 3.8) is 0 Å². The predicted octanol–water partition coefficient (Wildman–Crippen LogP) is 2.22. The molecule has 2 aromatic rings. The molecule has 3 rings (SSSR count). The van der Waals surface area contributed by atoms with Crippen LogP contribution in [0.4, 0.5) is 5.82 Å². The standard InChI is InChI=1S/C13H13ClN4O/c1-9(19)17-7-3-6-12-13(17)15-16-18(12)11-5-2-4-10(14)8-11/h2,4-5,8H,3,6-7H2,1H3. The van der Waals surface area contributed by atoms with Crippen molar-refractivity contribution in [3.05, 3.63) is 35.0 Å². The van der Waals surface area contributed by atoms with Gasteiger partial charge in [0.15, 0.2) is 5.82 Å². The molecule has 0 aliphatic carbocycles. The maximum absolute atomic E-state index is 11.6. The second-order valence-corrected chi connectivity index (χ2v) is 4.96. The number of anilines is 1. The minimum absolute atomic E-state index is 0.000839. The SMILES string of the molecule is CC(=O)N1CCCc2c1nnn2-c1cccc(Cl)c1. The number of fused-ring (bicyclic) bond motifs is 1. The number of amides is 1. The normalized spacial score (nSPS) is 14.3. The van der Waals surface area contributed by atoms with E-state index in [0.29, 0.717) is 17.4 Å². The summed E-state index contributed by atoms with van der Waals surface area (Å²) in [6, 6.07) is 7.45. The summed E-state index contributed by atoms with van der Waals surface area (Å²) in [5.74, 6) is 0.665. The van der Waals surface area contributed by atoms with Gasteiger partial charge in [-0.05, 0) is 31.0 Å². The van der Waals surface area contributed by atoms with Crippen molar-refractivity contribution in [3.8, 4) is 5.69 Å². The molecule has 2 heterocycles. The molecule has 0 bridgehead atoms. The largest absolute Gasteiger partial charge is 0.294 e. The smallest absolute Gasteiger partial charge is 0.225 e. The second kappa shape index (κ2) is 4.66. The Morgan fingerprint density at radius 3 is 3.00 bits per heavy atom. The first-order chi connectivity index (χ1) is 9.16. The fraction of sp³-hybridized carbons (Fsp3) is 0.308. The van der Waals surface area contributed by atoms with Crippen molar-refractivity contribution in [2.75, 3.05) is 11.4 Å². The lowest BCUT2D eigenvalue weighted by Gasteiger charge is -2.24. The molecule has 1 amide bonds. The Bertz CT molecular complexity index is 637. The predicted molar refractivity (Wildman–Crippen MR) is 72.7 cm³/mol. The van der Waals surface area contributed by atoms with Gasteiger partial charge in [-0.15, -0.1) is 5.10 Å². The van der Waals surface area contributed by atoms with Crippen LogP contribution in [0.3, 0.4) is 0 Å². The van der Waals surface area contributed by atoms with Crippen LogP contribution in [0.2, 0.25) is 5.02 Å². The summed E-state index contributed by atoms with van der Waals surface area (Å²) in [5, 5.41) is 8.95. The van der Waals surface area contributed by atoms with E-state index in [9.17, 15) is 4.79 Å². The molecule has 0 spiro atoms. The molecule has 0 radical (unpaired) electrons. The van der Waals surface area contributed by atoms with Crippen LogP contribution in [-0.4, -0.2) is 27.4 Å². The average molecular weight is 277 g/mol. The van der Waals surface area contributed by atoms with Gasteiger partial charge in [0.2, 0.25) is 5.91 Å². The lowest BCUT2D eigenvalue weighted by atomic mass is 10.1. The van der Waals surface area contributed by atoms with E-state index in [1.165, 1.54) is 0 Å². The van der Waals surface area contributed by atoms with Crippen LogP contribution < -0.4 is 4.90 Å². The highest BCUT2D eigenvalue weighted by atomic mass is 35.5. The van der Waals surface area contributed by atoms with E-state index < -0.39 is 0 Å². The van der Waals surface area contributed by atoms with Crippen molar-refractivity contribution >= 4 is 23.3 Å². The fourth-order valence-electron chi connectivity index (χ4n) is 2.35. The van der Waals surface area contributed by atoms with Crippen LogP contribution in [0.25, 0.3) is 5.69 Å². The van der Waals surface area contributed by atoms with Gasteiger partial charge in [0.1, 0.15) is 0 Å². The van der Waals surface area contributed by atoms with Gasteiger partial charge in [-0.25, -0.2) is 4.68 Å². The molecule has 98 valence electrons. The van der Waals surface area contributed by atoms with Crippen molar-refractivity contribution in [2.24, 2.45) is 0 Å². The highest BCUT2D eigenvalue weighted by Gasteiger charge is 2.26. The summed E-state index contributed by atoms with van der Waals surface area (Å²) in [6.07, 6.45) is 1.78. The third-order valence-electron chi connectivity index (χ3n) is 3.23. The van der Waals surface area contributed by atoms with E-state index in [-0.39, 0.29) is 5.91 Å². The molecule has 0 atom stereocenters. The van der Waals surface area contributed by atoms with E-state index in [4.69, 9.17) is 11.6 Å². The maximum Gasteiger partial charge on any atom is 0.225 e. The molecule has 0 unspecified atom stereocenters. The van der Waals surface area contributed by atoms with Crippen LogP contribution in [0.1, 0.15) is 19.0 Å². The number of nitrogens with zero attached hydrogens (tertiary/aromatic N) is 4. The Hall–Kier alpha value is -1.88. The number of rotatable bonds is 1. The van der Waals surface area contributed by atoms with Crippen molar-refractivity contribution < 1.29 is 4.79 Å². The Kier molecular flexibility index (Phi) is 2.98. The van der Waals surface area contributed by atoms with Gasteiger partial charge in [-0.1, -0.05) is 22.9 Å². The zero-order valence-corrected chi connectivity index (χ0v) is 11.3. The third-order valence-corrected chi connectivity index (χ3v) is 3.46. The minimum atomic E-state index is -0.000839. The van der Waals surface area contributed by atoms with Gasteiger partial charge < -0.3 is 0 Å². The molecule has 0 saturated heterocycles. The van der Waals surface area contributed by atoms with E-state index in [0.717, 1.165) is 24.2 Å². The summed E-state index contributed by atoms with van der Waals surface area (Å²) < 4.78 is 1.76. The van der Waals surface area contributed by atoms with Crippen LogP contribution >= 0.6 is 11.6 Å². The first-order valence-electron chi connectivity index (χ1n) is 6.15. The Labute approximate surface area is 115 Å². The topological polar surface area (TPSA) is 51.0 Å². The fourth-order valence-corrected chi connectivity index (χ4v) is 2.54. The van der Waals surface area contributed by atoms with Gasteiger partial charge in [0.25, 0.3) is 0 Å². The van der Waals surface area contributed by atoms with Gasteiger partial charge in [-0.2, -0.15) is 0 Å². The molecular formula is C13H13ClN4O.